The maximum atomic E-state index is 15.3. The van der Waals surface area contributed by atoms with Gasteiger partial charge in [0.15, 0.2) is 5.78 Å². The fourth-order valence-corrected chi connectivity index (χ4v) is 4.67. The van der Waals surface area contributed by atoms with Gasteiger partial charge in [-0.3, -0.25) is 9.78 Å². The third kappa shape index (κ3) is 4.76. The van der Waals surface area contributed by atoms with E-state index < -0.39 is 5.82 Å². The van der Waals surface area contributed by atoms with Gasteiger partial charge in [0.1, 0.15) is 11.3 Å². The topological polar surface area (TPSA) is 54.0 Å². The van der Waals surface area contributed by atoms with Crippen molar-refractivity contribution in [3.63, 3.8) is 0 Å². The van der Waals surface area contributed by atoms with Crippen molar-refractivity contribution in [2.45, 2.75) is 26.3 Å². The highest BCUT2D eigenvalue weighted by Crippen LogP contribution is 2.40. The zero-order chi connectivity index (χ0) is 24.7. The van der Waals surface area contributed by atoms with Crippen LogP contribution >= 0.6 is 23.2 Å². The van der Waals surface area contributed by atoms with E-state index in [1.54, 1.807) is 12.1 Å². The second-order valence-corrected chi connectivity index (χ2v) is 9.77. The van der Waals surface area contributed by atoms with Gasteiger partial charge in [0.05, 0.1) is 11.3 Å². The summed E-state index contributed by atoms with van der Waals surface area (Å²) in [4.78, 5) is 17.5. The highest BCUT2D eigenvalue weighted by atomic mass is 35.5. The van der Waals surface area contributed by atoms with Crippen molar-refractivity contribution >= 4 is 51.3 Å². The number of aromatic nitrogens is 1. The number of rotatable bonds is 7. The van der Waals surface area contributed by atoms with E-state index in [9.17, 15) is 4.79 Å². The lowest BCUT2D eigenvalue weighted by Gasteiger charge is -2.16. The first-order valence-corrected chi connectivity index (χ1v) is 12.2. The number of carbonyl (C=O) groups is 1. The van der Waals surface area contributed by atoms with E-state index in [4.69, 9.17) is 23.2 Å². The Morgan fingerprint density at radius 2 is 1.71 bits per heavy atom. The van der Waals surface area contributed by atoms with Crippen LogP contribution < -0.4 is 10.6 Å². The minimum Gasteiger partial charge on any atom is -0.354 e. The molecule has 0 saturated heterocycles. The van der Waals surface area contributed by atoms with Gasteiger partial charge in [-0.2, -0.15) is 0 Å². The number of pyridine rings is 1. The Balaban J connectivity index is 1.68. The summed E-state index contributed by atoms with van der Waals surface area (Å²) in [7, 11) is 1.89. The number of nitrogens with zero attached hydrogens (tertiary/aromatic N) is 1. The number of carbonyl (C=O) groups excluding carboxylic acids is 1. The molecule has 5 rings (SSSR count). The number of hydrogen-bond donors (Lipinski definition) is 2. The fourth-order valence-electron chi connectivity index (χ4n) is 4.18. The summed E-state index contributed by atoms with van der Waals surface area (Å²) in [6.07, 6.45) is 3.22. The summed E-state index contributed by atoms with van der Waals surface area (Å²) in [6, 6.07) is 14.7. The molecule has 178 valence electrons. The van der Waals surface area contributed by atoms with Gasteiger partial charge in [0, 0.05) is 39.8 Å². The van der Waals surface area contributed by atoms with E-state index in [1.165, 1.54) is 12.3 Å². The number of halogens is 3. The molecule has 0 bridgehead atoms. The molecule has 1 fully saturated rings. The van der Waals surface area contributed by atoms with Crippen LogP contribution in [0.4, 0.5) is 15.8 Å². The van der Waals surface area contributed by atoms with Crippen molar-refractivity contribution in [2.75, 3.05) is 12.4 Å². The number of ketones is 1. The molecule has 7 heteroatoms. The molecule has 1 heterocycles. The van der Waals surface area contributed by atoms with Gasteiger partial charge in [-0.25, -0.2) is 4.39 Å². The van der Waals surface area contributed by atoms with Crippen LogP contribution in [0.1, 0.15) is 34.3 Å². The van der Waals surface area contributed by atoms with Crippen LogP contribution in [0.15, 0.2) is 54.7 Å². The Morgan fingerprint density at radius 3 is 2.34 bits per heavy atom. The van der Waals surface area contributed by atoms with Crippen LogP contribution in [0.3, 0.4) is 0 Å². The highest BCUT2D eigenvalue weighted by Gasteiger charge is 2.33. The predicted octanol–water partition coefficient (Wildman–Crippen LogP) is 7.71. The lowest BCUT2D eigenvalue weighted by molar-refractivity contribution is 0.0968. The van der Waals surface area contributed by atoms with E-state index >= 15 is 4.39 Å². The molecule has 0 unspecified atom stereocenters. The van der Waals surface area contributed by atoms with Gasteiger partial charge in [-0.15, -0.1) is 0 Å². The first-order valence-electron chi connectivity index (χ1n) is 11.5. The van der Waals surface area contributed by atoms with Gasteiger partial charge in [0.2, 0.25) is 0 Å². The number of anilines is 2. The summed E-state index contributed by atoms with van der Waals surface area (Å²) >= 11 is 12.7. The predicted molar refractivity (Wildman–Crippen MR) is 141 cm³/mol. The smallest absolute Gasteiger partial charge is 0.169 e. The lowest BCUT2D eigenvalue weighted by Crippen LogP contribution is -2.08. The molecule has 1 saturated carbocycles. The Hall–Kier alpha value is -2.99. The SMILES string of the molecule is CNCc1ccc(Nc2c(C(=O)C3CC3)cnc3c(F)cc(-c4cc(Cl)c(C)c(Cl)c4)cc23)cc1. The molecule has 2 N–H and O–H groups in total. The summed E-state index contributed by atoms with van der Waals surface area (Å²) in [6.45, 7) is 2.58. The lowest BCUT2D eigenvalue weighted by atomic mass is 9.98. The maximum absolute atomic E-state index is 15.3. The van der Waals surface area contributed by atoms with Crippen LogP contribution in [0, 0.1) is 18.7 Å². The second kappa shape index (κ2) is 9.57. The van der Waals surface area contributed by atoms with Crippen molar-refractivity contribution in [2.24, 2.45) is 5.92 Å². The van der Waals surface area contributed by atoms with Gasteiger partial charge >= 0.3 is 0 Å². The summed E-state index contributed by atoms with van der Waals surface area (Å²) in [5.74, 6) is -0.459. The van der Waals surface area contributed by atoms with Crippen molar-refractivity contribution in [1.82, 2.24) is 10.3 Å². The molecule has 1 aromatic heterocycles. The fraction of sp³-hybridized carbons (Fsp3) is 0.214. The number of Topliss-reactive ketones (excluding diaryl/α,β-unsaturated/α-hetero) is 1. The van der Waals surface area contributed by atoms with Crippen LogP contribution in [0.5, 0.6) is 0 Å². The number of benzene rings is 3. The molecule has 0 aliphatic heterocycles. The van der Waals surface area contributed by atoms with Gasteiger partial charge in [-0.1, -0.05) is 35.3 Å². The van der Waals surface area contributed by atoms with E-state index in [0.717, 1.165) is 36.2 Å². The average Bonchev–Trinajstić information content (AvgIpc) is 3.69. The quantitative estimate of drug-likeness (QED) is 0.251. The third-order valence-electron chi connectivity index (χ3n) is 6.36. The second-order valence-electron chi connectivity index (χ2n) is 8.96. The number of fused-ring (bicyclic) bond motifs is 1. The molecule has 0 amide bonds. The molecule has 0 spiro atoms. The third-order valence-corrected chi connectivity index (χ3v) is 7.14. The zero-order valence-corrected chi connectivity index (χ0v) is 20.9. The summed E-state index contributed by atoms with van der Waals surface area (Å²) in [5, 5.41) is 8.05. The van der Waals surface area contributed by atoms with E-state index in [0.29, 0.717) is 37.8 Å². The standard InChI is InChI=1S/C28H24Cl2FN3O/c1-15-23(29)10-19(11-24(15)30)18-9-21-26(34-20-7-3-16(4-8-20)13-32-2)22(28(35)17-5-6-17)14-33-27(21)25(31)12-18/h3-4,7-12,14,17,32H,5-6,13H2,1-2H3,(H,33,34). The minimum atomic E-state index is -0.483. The van der Waals surface area contributed by atoms with Gasteiger partial charge in [-0.05, 0) is 85.5 Å². The number of nitrogens with one attached hydrogen (secondary N) is 2. The first kappa shape index (κ1) is 23.7. The molecule has 0 radical (unpaired) electrons. The monoisotopic (exact) mass is 507 g/mol. The Bertz CT molecular complexity index is 1430. The van der Waals surface area contributed by atoms with Crippen molar-refractivity contribution in [1.29, 1.82) is 0 Å². The molecule has 4 nitrogen and oxygen atoms in total. The van der Waals surface area contributed by atoms with Crippen molar-refractivity contribution < 1.29 is 9.18 Å². The molecular weight excluding hydrogens is 484 g/mol. The summed E-state index contributed by atoms with van der Waals surface area (Å²) < 4.78 is 15.3. The average molecular weight is 508 g/mol. The maximum Gasteiger partial charge on any atom is 0.169 e. The van der Waals surface area contributed by atoms with Gasteiger partial charge < -0.3 is 10.6 Å². The molecule has 0 atom stereocenters. The first-order chi connectivity index (χ1) is 16.9. The van der Waals surface area contributed by atoms with Crippen LogP contribution in [-0.4, -0.2) is 17.8 Å². The van der Waals surface area contributed by atoms with Crippen LogP contribution in [-0.2, 0) is 6.54 Å². The Morgan fingerprint density at radius 1 is 1.06 bits per heavy atom. The van der Waals surface area contributed by atoms with E-state index in [1.807, 2.05) is 44.3 Å². The summed E-state index contributed by atoms with van der Waals surface area (Å²) in [5.41, 5.74) is 5.20. The molecule has 3 aromatic carbocycles. The normalized spacial score (nSPS) is 13.3. The molecular formula is C28H24Cl2FN3O. The molecule has 4 aromatic rings. The number of hydrogen-bond acceptors (Lipinski definition) is 4. The van der Waals surface area contributed by atoms with E-state index in [-0.39, 0.29) is 17.2 Å². The van der Waals surface area contributed by atoms with Crippen LogP contribution in [0.25, 0.3) is 22.0 Å². The molecule has 35 heavy (non-hydrogen) atoms. The molecule has 1 aliphatic rings. The van der Waals surface area contributed by atoms with Crippen molar-refractivity contribution in [3.8, 4) is 11.1 Å². The Kier molecular flexibility index (Phi) is 6.49. The molecule has 1 aliphatic carbocycles. The Labute approximate surface area is 213 Å². The zero-order valence-electron chi connectivity index (χ0n) is 19.4. The van der Waals surface area contributed by atoms with Gasteiger partial charge in [0.25, 0.3) is 0 Å². The largest absolute Gasteiger partial charge is 0.354 e. The van der Waals surface area contributed by atoms with Crippen LogP contribution in [0.2, 0.25) is 10.0 Å². The highest BCUT2D eigenvalue weighted by molar-refractivity contribution is 6.36. The minimum absolute atomic E-state index is 0.00412. The van der Waals surface area contributed by atoms with E-state index in [2.05, 4.69) is 15.6 Å². The van der Waals surface area contributed by atoms with Crippen molar-refractivity contribution in [3.05, 3.63) is 87.3 Å².